The summed E-state index contributed by atoms with van der Waals surface area (Å²) in [5.74, 6) is -0.120. The predicted octanol–water partition coefficient (Wildman–Crippen LogP) is 1.78. The Kier molecular flexibility index (Phi) is 6.77. The number of nitrogens with zero attached hydrogens (tertiary/aromatic N) is 2. The van der Waals surface area contributed by atoms with Gasteiger partial charge >= 0.3 is 0 Å². The number of nitrogens with one attached hydrogen (secondary N) is 2. The van der Waals surface area contributed by atoms with Gasteiger partial charge in [0.15, 0.2) is 0 Å². The van der Waals surface area contributed by atoms with Crippen LogP contribution in [0.3, 0.4) is 0 Å². The molecule has 0 saturated carbocycles. The molecule has 1 unspecified atom stereocenters. The molecule has 0 aromatic carbocycles. The second kappa shape index (κ2) is 9.48. The first-order valence-electron chi connectivity index (χ1n) is 9.57. The third-order valence-corrected chi connectivity index (χ3v) is 5.08. The molecule has 2 amide bonds. The van der Waals surface area contributed by atoms with Gasteiger partial charge in [0.1, 0.15) is 0 Å². The van der Waals surface area contributed by atoms with Crippen LogP contribution in [0.25, 0.3) is 0 Å². The zero-order chi connectivity index (χ0) is 18.2. The second-order valence-corrected chi connectivity index (χ2v) is 7.05. The first-order valence-corrected chi connectivity index (χ1v) is 9.57. The van der Waals surface area contributed by atoms with Crippen molar-refractivity contribution in [1.29, 1.82) is 0 Å². The van der Waals surface area contributed by atoms with E-state index < -0.39 is 6.04 Å². The fourth-order valence-corrected chi connectivity index (χ4v) is 3.64. The van der Waals surface area contributed by atoms with Crippen molar-refractivity contribution in [3.8, 4) is 0 Å². The van der Waals surface area contributed by atoms with Crippen LogP contribution in [0.2, 0.25) is 0 Å². The lowest BCUT2D eigenvalue weighted by atomic mass is 9.97. The molecule has 6 heteroatoms. The van der Waals surface area contributed by atoms with Crippen LogP contribution < -0.4 is 10.6 Å². The molecule has 6 nitrogen and oxygen atoms in total. The summed E-state index contributed by atoms with van der Waals surface area (Å²) in [7, 11) is 0. The molecular weight excluding hydrogens is 328 g/mol. The first-order chi connectivity index (χ1) is 12.7. The van der Waals surface area contributed by atoms with Crippen LogP contribution in [0, 0.1) is 0 Å². The third-order valence-electron chi connectivity index (χ3n) is 5.08. The largest absolute Gasteiger partial charge is 0.356 e. The van der Waals surface area contributed by atoms with Gasteiger partial charge in [0.2, 0.25) is 11.8 Å². The molecule has 3 rings (SSSR count). The van der Waals surface area contributed by atoms with Gasteiger partial charge in [-0.15, -0.1) is 0 Å². The minimum Gasteiger partial charge on any atom is -0.356 e. The molecule has 1 aliphatic heterocycles. The molecule has 1 fully saturated rings. The molecule has 1 atom stereocenters. The molecule has 26 heavy (non-hydrogen) atoms. The Bertz CT molecular complexity index is 644. The van der Waals surface area contributed by atoms with Crippen molar-refractivity contribution < 1.29 is 9.59 Å². The monoisotopic (exact) mass is 356 g/mol. The Morgan fingerprint density at radius 3 is 3.08 bits per heavy atom. The lowest BCUT2D eigenvalue weighted by Gasteiger charge is -2.34. The topological polar surface area (TPSA) is 74.3 Å². The molecule has 0 radical (unpaired) electrons. The van der Waals surface area contributed by atoms with E-state index in [1.807, 2.05) is 18.3 Å². The lowest BCUT2D eigenvalue weighted by Crippen LogP contribution is -2.56. The maximum Gasteiger partial charge on any atom is 0.237 e. The van der Waals surface area contributed by atoms with Crippen molar-refractivity contribution in [2.24, 2.45) is 0 Å². The minimum atomic E-state index is -0.419. The summed E-state index contributed by atoms with van der Waals surface area (Å²) in [6.45, 7) is 2.64. The average molecular weight is 356 g/mol. The Morgan fingerprint density at radius 2 is 2.31 bits per heavy atom. The number of carbonyl (C=O) groups excluding carboxylic acids is 2. The van der Waals surface area contributed by atoms with Crippen molar-refractivity contribution >= 4 is 11.8 Å². The van der Waals surface area contributed by atoms with Gasteiger partial charge in [0.05, 0.1) is 12.5 Å². The third kappa shape index (κ3) is 5.39. The molecule has 0 spiro atoms. The van der Waals surface area contributed by atoms with Gasteiger partial charge in [-0.2, -0.15) is 0 Å². The molecule has 2 heterocycles. The van der Waals surface area contributed by atoms with E-state index in [9.17, 15) is 9.59 Å². The molecule has 2 aliphatic rings. The average Bonchev–Trinajstić information content (AvgIpc) is 2.66. The number of allylic oxidation sites excluding steroid dienone is 1. The van der Waals surface area contributed by atoms with Crippen LogP contribution in [0.4, 0.5) is 0 Å². The van der Waals surface area contributed by atoms with E-state index in [0.29, 0.717) is 19.6 Å². The summed E-state index contributed by atoms with van der Waals surface area (Å²) in [6.07, 6.45) is 11.8. The van der Waals surface area contributed by atoms with Crippen LogP contribution in [0.1, 0.15) is 44.1 Å². The Labute approximate surface area is 155 Å². The van der Waals surface area contributed by atoms with Gasteiger partial charge in [-0.05, 0) is 43.7 Å². The van der Waals surface area contributed by atoms with Gasteiger partial charge in [0, 0.05) is 38.6 Å². The number of hydrogen-bond acceptors (Lipinski definition) is 4. The van der Waals surface area contributed by atoms with Crippen LogP contribution >= 0.6 is 0 Å². The van der Waals surface area contributed by atoms with Crippen molar-refractivity contribution in [2.45, 2.75) is 51.1 Å². The number of pyridine rings is 1. The molecule has 2 N–H and O–H groups in total. The zero-order valence-corrected chi connectivity index (χ0v) is 15.2. The van der Waals surface area contributed by atoms with Gasteiger partial charge in [-0.3, -0.25) is 19.5 Å². The predicted molar refractivity (Wildman–Crippen MR) is 100 cm³/mol. The summed E-state index contributed by atoms with van der Waals surface area (Å²) < 4.78 is 0. The van der Waals surface area contributed by atoms with Crippen LogP contribution in [-0.2, 0) is 16.1 Å². The molecule has 0 bridgehead atoms. The van der Waals surface area contributed by atoms with Crippen LogP contribution in [0.15, 0.2) is 36.2 Å². The highest BCUT2D eigenvalue weighted by Crippen LogP contribution is 2.19. The quantitative estimate of drug-likeness (QED) is 0.731. The highest BCUT2D eigenvalue weighted by atomic mass is 16.2. The summed E-state index contributed by atoms with van der Waals surface area (Å²) in [4.78, 5) is 30.8. The fraction of sp³-hybridized carbons (Fsp3) is 0.550. The summed E-state index contributed by atoms with van der Waals surface area (Å²) in [6, 6.07) is 3.47. The van der Waals surface area contributed by atoms with Gasteiger partial charge in [-0.25, -0.2) is 0 Å². The van der Waals surface area contributed by atoms with E-state index >= 15 is 0 Å². The lowest BCUT2D eigenvalue weighted by molar-refractivity contribution is -0.134. The summed E-state index contributed by atoms with van der Waals surface area (Å²) >= 11 is 0. The number of rotatable bonds is 7. The van der Waals surface area contributed by atoms with Crippen LogP contribution in [-0.4, -0.2) is 47.4 Å². The Morgan fingerprint density at radius 1 is 1.38 bits per heavy atom. The zero-order valence-electron chi connectivity index (χ0n) is 15.2. The van der Waals surface area contributed by atoms with Crippen molar-refractivity contribution in [3.05, 3.63) is 41.7 Å². The molecular formula is C20H28N4O2. The number of piperazine rings is 1. The maximum absolute atomic E-state index is 12.3. The molecule has 1 saturated heterocycles. The van der Waals surface area contributed by atoms with E-state index in [2.05, 4.69) is 26.6 Å². The SMILES string of the molecule is O=C(CC1C(=O)NCCN1Cc1cccnc1)NCCC1=CCCCC1. The molecule has 1 aromatic heterocycles. The van der Waals surface area contributed by atoms with Crippen LogP contribution in [0.5, 0.6) is 0 Å². The highest BCUT2D eigenvalue weighted by molar-refractivity contribution is 5.88. The van der Waals surface area contributed by atoms with Crippen molar-refractivity contribution in [3.63, 3.8) is 0 Å². The molecule has 140 valence electrons. The van der Waals surface area contributed by atoms with Gasteiger partial charge in [-0.1, -0.05) is 17.7 Å². The van der Waals surface area contributed by atoms with E-state index in [1.54, 1.807) is 6.20 Å². The van der Waals surface area contributed by atoms with E-state index in [0.717, 1.165) is 31.4 Å². The number of carbonyl (C=O) groups is 2. The fourth-order valence-electron chi connectivity index (χ4n) is 3.64. The van der Waals surface area contributed by atoms with Gasteiger partial charge < -0.3 is 10.6 Å². The highest BCUT2D eigenvalue weighted by Gasteiger charge is 2.31. The smallest absolute Gasteiger partial charge is 0.237 e. The van der Waals surface area contributed by atoms with E-state index in [4.69, 9.17) is 0 Å². The van der Waals surface area contributed by atoms with Crippen molar-refractivity contribution in [1.82, 2.24) is 20.5 Å². The number of aromatic nitrogens is 1. The maximum atomic E-state index is 12.3. The Balaban J connectivity index is 1.50. The first kappa shape index (κ1) is 18.6. The minimum absolute atomic E-state index is 0.0559. The standard InChI is InChI=1S/C20H28N4O2/c25-19(22-10-8-16-5-2-1-3-6-16)13-18-20(26)23-11-12-24(18)15-17-7-4-9-21-14-17/h4-5,7,9,14,18H,1-3,6,8,10-13,15H2,(H,22,25)(H,23,26). The van der Waals surface area contributed by atoms with Crippen molar-refractivity contribution in [2.75, 3.05) is 19.6 Å². The number of amides is 2. The number of hydrogen-bond donors (Lipinski definition) is 2. The molecule has 1 aromatic rings. The normalized spacial score (nSPS) is 21.0. The van der Waals surface area contributed by atoms with Gasteiger partial charge in [0.25, 0.3) is 0 Å². The summed E-state index contributed by atoms with van der Waals surface area (Å²) in [5.41, 5.74) is 2.50. The Hall–Kier alpha value is -2.21. The van der Waals surface area contributed by atoms with E-state index in [-0.39, 0.29) is 18.2 Å². The van der Waals surface area contributed by atoms with E-state index in [1.165, 1.54) is 18.4 Å². The molecule has 1 aliphatic carbocycles. The second-order valence-electron chi connectivity index (χ2n) is 7.05. The summed E-state index contributed by atoms with van der Waals surface area (Å²) in [5, 5.41) is 5.86.